The molecule has 1 aliphatic heterocycles. The number of ether oxygens (including phenoxy) is 2. The van der Waals surface area contributed by atoms with E-state index in [-0.39, 0.29) is 11.6 Å². The lowest BCUT2D eigenvalue weighted by atomic mass is 9.87. The van der Waals surface area contributed by atoms with Crippen molar-refractivity contribution < 1.29 is 9.47 Å². The third-order valence-electron chi connectivity index (χ3n) is 4.12. The maximum absolute atomic E-state index is 6.53. The van der Waals surface area contributed by atoms with Crippen LogP contribution in [0, 0.1) is 0 Å². The number of nitrogens with two attached hydrogens (primary N) is 1. The van der Waals surface area contributed by atoms with Gasteiger partial charge in [0.25, 0.3) is 0 Å². The molecule has 4 nitrogen and oxygen atoms in total. The Hall–Kier alpha value is -1.10. The molecule has 0 amide bonds. The molecular weight excluding hydrogens is 252 g/mol. The van der Waals surface area contributed by atoms with Crippen molar-refractivity contribution in [2.75, 3.05) is 32.9 Å². The van der Waals surface area contributed by atoms with Crippen molar-refractivity contribution in [2.24, 2.45) is 5.73 Å². The quantitative estimate of drug-likeness (QED) is 0.897. The Morgan fingerprint density at radius 3 is 2.70 bits per heavy atom. The first kappa shape index (κ1) is 15.3. The van der Waals surface area contributed by atoms with E-state index in [0.29, 0.717) is 6.61 Å². The van der Waals surface area contributed by atoms with E-state index in [9.17, 15) is 0 Å². The van der Waals surface area contributed by atoms with E-state index in [2.05, 4.69) is 30.9 Å². The maximum atomic E-state index is 6.53. The van der Waals surface area contributed by atoms with Gasteiger partial charge in [0.1, 0.15) is 5.75 Å². The summed E-state index contributed by atoms with van der Waals surface area (Å²) < 4.78 is 11.0. The molecule has 0 radical (unpaired) electrons. The van der Waals surface area contributed by atoms with Crippen molar-refractivity contribution in [3.63, 3.8) is 0 Å². The minimum absolute atomic E-state index is 0.0546. The summed E-state index contributed by atoms with van der Waals surface area (Å²) in [6.45, 7) is 10.5. The number of rotatable bonds is 5. The zero-order valence-electron chi connectivity index (χ0n) is 12.8. The van der Waals surface area contributed by atoms with Gasteiger partial charge in [-0.05, 0) is 38.5 Å². The summed E-state index contributed by atoms with van der Waals surface area (Å²) >= 11 is 0. The van der Waals surface area contributed by atoms with E-state index in [4.69, 9.17) is 15.2 Å². The van der Waals surface area contributed by atoms with Crippen LogP contribution in [-0.2, 0) is 4.74 Å². The molecule has 20 heavy (non-hydrogen) atoms. The van der Waals surface area contributed by atoms with Gasteiger partial charge in [-0.3, -0.25) is 4.90 Å². The highest BCUT2D eigenvalue weighted by Crippen LogP contribution is 2.31. The van der Waals surface area contributed by atoms with Crippen molar-refractivity contribution >= 4 is 0 Å². The number of hydrogen-bond donors (Lipinski definition) is 1. The van der Waals surface area contributed by atoms with Gasteiger partial charge in [0.15, 0.2) is 0 Å². The Balaban J connectivity index is 2.15. The number of hydrogen-bond acceptors (Lipinski definition) is 4. The minimum atomic E-state index is -0.103. The van der Waals surface area contributed by atoms with E-state index < -0.39 is 0 Å². The van der Waals surface area contributed by atoms with Crippen LogP contribution in [0.4, 0.5) is 0 Å². The molecule has 1 atom stereocenters. The summed E-state index contributed by atoms with van der Waals surface area (Å²) in [7, 11) is 0. The topological polar surface area (TPSA) is 47.7 Å². The molecule has 0 aliphatic carbocycles. The molecule has 1 aromatic rings. The van der Waals surface area contributed by atoms with Gasteiger partial charge in [0.05, 0.1) is 19.8 Å². The van der Waals surface area contributed by atoms with Crippen LogP contribution in [0.15, 0.2) is 24.3 Å². The molecule has 1 fully saturated rings. The second-order valence-electron chi connectivity index (χ2n) is 5.74. The Morgan fingerprint density at radius 2 is 2.05 bits per heavy atom. The van der Waals surface area contributed by atoms with Gasteiger partial charge in [-0.25, -0.2) is 0 Å². The molecule has 0 spiro atoms. The van der Waals surface area contributed by atoms with Gasteiger partial charge in [-0.2, -0.15) is 0 Å². The first-order chi connectivity index (χ1) is 9.55. The van der Waals surface area contributed by atoms with Gasteiger partial charge >= 0.3 is 0 Å². The fourth-order valence-corrected chi connectivity index (χ4v) is 2.71. The van der Waals surface area contributed by atoms with Gasteiger partial charge in [0.2, 0.25) is 0 Å². The molecule has 2 N–H and O–H groups in total. The molecule has 4 heteroatoms. The summed E-state index contributed by atoms with van der Waals surface area (Å²) in [5.74, 6) is 0.887. The predicted octanol–water partition coefficient (Wildman–Crippen LogP) is 2.20. The van der Waals surface area contributed by atoms with Crippen LogP contribution in [0.1, 0.15) is 32.4 Å². The fourth-order valence-electron chi connectivity index (χ4n) is 2.71. The lowest BCUT2D eigenvalue weighted by Crippen LogP contribution is -2.55. The molecule has 1 aliphatic rings. The van der Waals surface area contributed by atoms with E-state index in [1.54, 1.807) is 0 Å². The highest BCUT2D eigenvalue weighted by molar-refractivity contribution is 5.32. The Labute approximate surface area is 121 Å². The smallest absolute Gasteiger partial charge is 0.119 e. The summed E-state index contributed by atoms with van der Waals surface area (Å²) in [6.07, 6.45) is 0. The van der Waals surface area contributed by atoms with Crippen molar-refractivity contribution in [3.8, 4) is 5.75 Å². The van der Waals surface area contributed by atoms with Gasteiger partial charge < -0.3 is 15.2 Å². The standard InChI is InChI=1S/C16H26N2O2/c1-4-20-14-7-5-6-13(12-14)15(17)16(2,3)18-8-10-19-11-9-18/h5-7,12,15H,4,8-11,17H2,1-3H3. The SMILES string of the molecule is CCOc1cccc(C(N)C(C)(C)N2CCOCC2)c1. The van der Waals surface area contributed by atoms with E-state index in [1.807, 2.05) is 19.1 Å². The van der Waals surface area contributed by atoms with Crippen molar-refractivity contribution in [2.45, 2.75) is 32.4 Å². The maximum Gasteiger partial charge on any atom is 0.119 e. The van der Waals surface area contributed by atoms with E-state index >= 15 is 0 Å². The monoisotopic (exact) mass is 278 g/mol. The molecule has 112 valence electrons. The molecule has 1 aromatic carbocycles. The van der Waals surface area contributed by atoms with Gasteiger partial charge in [-0.15, -0.1) is 0 Å². The van der Waals surface area contributed by atoms with Gasteiger partial charge in [0, 0.05) is 24.7 Å². The highest BCUT2D eigenvalue weighted by Gasteiger charge is 2.35. The predicted molar refractivity (Wildman–Crippen MR) is 81.0 cm³/mol. The van der Waals surface area contributed by atoms with E-state index in [0.717, 1.165) is 37.6 Å². The Bertz CT molecular complexity index is 428. The fraction of sp³-hybridized carbons (Fsp3) is 0.625. The molecule has 2 rings (SSSR count). The number of benzene rings is 1. The Morgan fingerprint density at radius 1 is 1.35 bits per heavy atom. The molecule has 1 unspecified atom stereocenters. The van der Waals surface area contributed by atoms with Crippen LogP contribution in [0.2, 0.25) is 0 Å². The van der Waals surface area contributed by atoms with Crippen LogP contribution < -0.4 is 10.5 Å². The zero-order valence-corrected chi connectivity index (χ0v) is 12.8. The highest BCUT2D eigenvalue weighted by atomic mass is 16.5. The molecular formula is C16H26N2O2. The van der Waals surface area contributed by atoms with Crippen LogP contribution in [0.25, 0.3) is 0 Å². The molecule has 0 bridgehead atoms. The molecule has 0 saturated carbocycles. The zero-order chi connectivity index (χ0) is 14.6. The minimum Gasteiger partial charge on any atom is -0.494 e. The average Bonchev–Trinajstić information content (AvgIpc) is 2.48. The first-order valence-corrected chi connectivity index (χ1v) is 7.37. The van der Waals surface area contributed by atoms with E-state index in [1.165, 1.54) is 0 Å². The Kier molecular flexibility index (Phi) is 5.02. The normalized spacial score (nSPS) is 18.8. The third-order valence-corrected chi connectivity index (χ3v) is 4.12. The van der Waals surface area contributed by atoms with Crippen LogP contribution in [0.3, 0.4) is 0 Å². The molecule has 1 heterocycles. The van der Waals surface area contributed by atoms with Crippen LogP contribution >= 0.6 is 0 Å². The molecule has 1 saturated heterocycles. The largest absolute Gasteiger partial charge is 0.494 e. The van der Waals surface area contributed by atoms with Crippen LogP contribution in [-0.4, -0.2) is 43.3 Å². The number of nitrogens with zero attached hydrogens (tertiary/aromatic N) is 1. The van der Waals surface area contributed by atoms with Crippen molar-refractivity contribution in [3.05, 3.63) is 29.8 Å². The number of morpholine rings is 1. The average molecular weight is 278 g/mol. The summed E-state index contributed by atoms with van der Waals surface area (Å²) in [5.41, 5.74) is 7.55. The lowest BCUT2D eigenvalue weighted by Gasteiger charge is -2.44. The second kappa shape index (κ2) is 6.57. The lowest BCUT2D eigenvalue weighted by molar-refractivity contribution is -0.0190. The van der Waals surface area contributed by atoms with Gasteiger partial charge in [-0.1, -0.05) is 12.1 Å². The third kappa shape index (κ3) is 3.32. The summed E-state index contributed by atoms with van der Waals surface area (Å²) in [5, 5.41) is 0. The molecule has 0 aromatic heterocycles. The van der Waals surface area contributed by atoms with Crippen molar-refractivity contribution in [1.82, 2.24) is 4.90 Å². The first-order valence-electron chi connectivity index (χ1n) is 7.37. The summed E-state index contributed by atoms with van der Waals surface area (Å²) in [6, 6.07) is 8.06. The second-order valence-corrected chi connectivity index (χ2v) is 5.74. The summed E-state index contributed by atoms with van der Waals surface area (Å²) in [4.78, 5) is 2.41. The van der Waals surface area contributed by atoms with Crippen LogP contribution in [0.5, 0.6) is 5.75 Å². The van der Waals surface area contributed by atoms with Crippen molar-refractivity contribution in [1.29, 1.82) is 0 Å².